The van der Waals surface area contributed by atoms with Crippen LogP contribution in [-0.4, -0.2) is 24.7 Å². The van der Waals surface area contributed by atoms with Crippen molar-refractivity contribution in [1.82, 2.24) is 0 Å². The van der Waals surface area contributed by atoms with Crippen LogP contribution in [0.25, 0.3) is 10.4 Å². The molecule has 1 amide bonds. The van der Waals surface area contributed by atoms with Gasteiger partial charge < -0.3 is 15.2 Å². The number of hydrogen-bond acceptors (Lipinski definition) is 4. The predicted octanol–water partition coefficient (Wildman–Crippen LogP) is 4.86. The molecule has 6 heteroatoms. The quantitative estimate of drug-likeness (QED) is 0.634. The Hall–Kier alpha value is -2.34. The number of anilines is 1. The number of halogens is 1. The summed E-state index contributed by atoms with van der Waals surface area (Å²) in [5.74, 6) is 0.471. The lowest BCUT2D eigenvalue weighted by molar-refractivity contribution is 0.102. The number of rotatable bonds is 6. The number of methoxy groups -OCH3 is 1. The fraction of sp³-hybridized carbons (Fsp3) is 0.150. The van der Waals surface area contributed by atoms with Gasteiger partial charge in [0.1, 0.15) is 5.75 Å². The molecule has 0 unspecified atom stereocenters. The molecule has 4 nitrogen and oxygen atoms in total. The lowest BCUT2D eigenvalue weighted by Crippen LogP contribution is -2.12. The molecule has 2 aromatic carbocycles. The Morgan fingerprint density at radius 1 is 1.19 bits per heavy atom. The lowest BCUT2D eigenvalue weighted by atomic mass is 10.1. The van der Waals surface area contributed by atoms with Crippen LogP contribution in [0.15, 0.2) is 54.6 Å². The summed E-state index contributed by atoms with van der Waals surface area (Å²) in [4.78, 5) is 14.3. The van der Waals surface area contributed by atoms with Crippen molar-refractivity contribution in [1.29, 1.82) is 0 Å². The molecular weight excluding hydrogens is 370 g/mol. The van der Waals surface area contributed by atoms with E-state index in [0.29, 0.717) is 27.8 Å². The normalized spacial score (nSPS) is 10.6. The Bertz CT molecular complexity index is 906. The second kappa shape index (κ2) is 8.36. The van der Waals surface area contributed by atoms with Crippen molar-refractivity contribution in [2.45, 2.75) is 6.42 Å². The number of ether oxygens (including phenoxy) is 1. The smallest absolute Gasteiger partial charge is 0.266 e. The lowest BCUT2D eigenvalue weighted by Gasteiger charge is -2.07. The van der Waals surface area contributed by atoms with E-state index in [0.717, 1.165) is 16.0 Å². The van der Waals surface area contributed by atoms with Gasteiger partial charge in [0.2, 0.25) is 0 Å². The van der Waals surface area contributed by atoms with Crippen LogP contribution in [0, 0.1) is 0 Å². The van der Waals surface area contributed by atoms with Gasteiger partial charge in [0.05, 0.1) is 12.0 Å². The molecule has 0 aliphatic heterocycles. The highest BCUT2D eigenvalue weighted by molar-refractivity contribution is 7.17. The second-order valence-electron chi connectivity index (χ2n) is 5.63. The van der Waals surface area contributed by atoms with E-state index >= 15 is 0 Å². The van der Waals surface area contributed by atoms with Gasteiger partial charge in [-0.1, -0.05) is 29.8 Å². The van der Waals surface area contributed by atoms with E-state index in [2.05, 4.69) is 5.32 Å². The van der Waals surface area contributed by atoms with Crippen molar-refractivity contribution in [2.24, 2.45) is 0 Å². The number of carbonyl (C=O) groups is 1. The molecule has 0 saturated heterocycles. The first-order valence-electron chi connectivity index (χ1n) is 8.05. The number of amides is 1. The van der Waals surface area contributed by atoms with Crippen molar-refractivity contribution < 1.29 is 14.6 Å². The topological polar surface area (TPSA) is 58.6 Å². The zero-order chi connectivity index (χ0) is 18.5. The third-order valence-corrected chi connectivity index (χ3v) is 5.33. The van der Waals surface area contributed by atoms with Gasteiger partial charge in [-0.05, 0) is 47.9 Å². The summed E-state index contributed by atoms with van der Waals surface area (Å²) in [6.07, 6.45) is 0.422. The summed E-state index contributed by atoms with van der Waals surface area (Å²) >= 11 is 7.34. The van der Waals surface area contributed by atoms with Crippen LogP contribution in [0.5, 0.6) is 5.75 Å². The first-order chi connectivity index (χ1) is 12.6. The highest BCUT2D eigenvalue weighted by Crippen LogP contribution is 2.33. The van der Waals surface area contributed by atoms with Crippen LogP contribution in [-0.2, 0) is 6.42 Å². The highest BCUT2D eigenvalue weighted by atomic mass is 35.5. The average molecular weight is 388 g/mol. The van der Waals surface area contributed by atoms with Crippen LogP contribution in [0.2, 0.25) is 5.02 Å². The fourth-order valence-electron chi connectivity index (χ4n) is 2.57. The predicted molar refractivity (Wildman–Crippen MR) is 107 cm³/mol. The Morgan fingerprint density at radius 3 is 2.65 bits per heavy atom. The molecule has 0 aliphatic carbocycles. The maximum absolute atomic E-state index is 12.8. The molecular formula is C20H18ClNO3S. The molecule has 0 atom stereocenters. The molecule has 0 spiro atoms. The maximum atomic E-state index is 12.8. The van der Waals surface area contributed by atoms with Crippen LogP contribution >= 0.6 is 22.9 Å². The summed E-state index contributed by atoms with van der Waals surface area (Å²) < 4.78 is 5.18. The molecule has 0 radical (unpaired) electrons. The van der Waals surface area contributed by atoms with Gasteiger partial charge >= 0.3 is 0 Å². The molecule has 0 fully saturated rings. The second-order valence-corrected chi connectivity index (χ2v) is 7.12. The Morgan fingerprint density at radius 2 is 1.96 bits per heavy atom. The fourth-order valence-corrected chi connectivity index (χ4v) is 3.81. The summed E-state index contributed by atoms with van der Waals surface area (Å²) in [6, 6.07) is 16.6. The third kappa shape index (κ3) is 4.25. The SMILES string of the molecule is COc1cccc(NC(=O)c2sc(-c3ccc(Cl)cc3)cc2CCO)c1. The van der Waals surface area contributed by atoms with Gasteiger partial charge in [0, 0.05) is 28.3 Å². The number of carbonyl (C=O) groups excluding carboxylic acids is 1. The minimum atomic E-state index is -0.202. The Labute approximate surface area is 161 Å². The zero-order valence-corrected chi connectivity index (χ0v) is 15.7. The molecule has 0 saturated carbocycles. The van der Waals surface area contributed by atoms with Gasteiger partial charge in [-0.2, -0.15) is 0 Å². The molecule has 0 bridgehead atoms. The van der Waals surface area contributed by atoms with Gasteiger partial charge in [-0.25, -0.2) is 0 Å². The molecule has 1 heterocycles. The minimum Gasteiger partial charge on any atom is -0.497 e. The van der Waals surface area contributed by atoms with Crippen molar-refractivity contribution in [3.8, 4) is 16.2 Å². The molecule has 2 N–H and O–H groups in total. The van der Waals surface area contributed by atoms with E-state index in [-0.39, 0.29) is 12.5 Å². The molecule has 0 aliphatic rings. The summed E-state index contributed by atoms with van der Waals surface area (Å²) in [7, 11) is 1.58. The van der Waals surface area contributed by atoms with E-state index in [1.54, 1.807) is 19.2 Å². The van der Waals surface area contributed by atoms with Gasteiger partial charge in [0.15, 0.2) is 0 Å². The number of benzene rings is 2. The summed E-state index contributed by atoms with van der Waals surface area (Å²) in [6.45, 7) is -0.0176. The molecule has 1 aromatic heterocycles. The van der Waals surface area contributed by atoms with E-state index in [1.165, 1.54) is 11.3 Å². The number of nitrogens with one attached hydrogen (secondary N) is 1. The monoisotopic (exact) mass is 387 g/mol. The van der Waals surface area contributed by atoms with Crippen LogP contribution < -0.4 is 10.1 Å². The molecule has 3 rings (SSSR count). The summed E-state index contributed by atoms with van der Waals surface area (Å²) in [5.41, 5.74) is 2.47. The summed E-state index contributed by atoms with van der Waals surface area (Å²) in [5, 5.41) is 12.9. The van der Waals surface area contributed by atoms with Crippen LogP contribution in [0.1, 0.15) is 15.2 Å². The maximum Gasteiger partial charge on any atom is 0.266 e. The average Bonchev–Trinajstić information content (AvgIpc) is 3.07. The largest absolute Gasteiger partial charge is 0.497 e. The van der Waals surface area contributed by atoms with Crippen LogP contribution in [0.3, 0.4) is 0 Å². The molecule has 3 aromatic rings. The van der Waals surface area contributed by atoms with Crippen LogP contribution in [0.4, 0.5) is 5.69 Å². The van der Waals surface area contributed by atoms with Gasteiger partial charge in [0.25, 0.3) is 5.91 Å². The highest BCUT2D eigenvalue weighted by Gasteiger charge is 2.17. The molecule has 134 valence electrons. The van der Waals surface area contributed by atoms with E-state index in [9.17, 15) is 9.90 Å². The van der Waals surface area contributed by atoms with Crippen molar-refractivity contribution in [2.75, 3.05) is 19.0 Å². The first-order valence-corrected chi connectivity index (χ1v) is 9.25. The zero-order valence-electron chi connectivity index (χ0n) is 14.2. The Kier molecular flexibility index (Phi) is 5.93. The number of aliphatic hydroxyl groups is 1. The number of hydrogen-bond donors (Lipinski definition) is 2. The number of thiophene rings is 1. The van der Waals surface area contributed by atoms with E-state index < -0.39 is 0 Å². The molecule has 26 heavy (non-hydrogen) atoms. The Balaban J connectivity index is 1.89. The number of aliphatic hydroxyl groups excluding tert-OH is 1. The van der Waals surface area contributed by atoms with Gasteiger partial charge in [-0.15, -0.1) is 11.3 Å². The van der Waals surface area contributed by atoms with E-state index in [1.807, 2.05) is 42.5 Å². The standard InChI is InChI=1S/C20H18ClNO3S/c1-25-17-4-2-3-16(12-17)22-20(24)19-14(9-10-23)11-18(26-19)13-5-7-15(21)8-6-13/h2-8,11-12,23H,9-10H2,1H3,(H,22,24). The minimum absolute atomic E-state index is 0.0176. The first kappa shape index (κ1) is 18.5. The van der Waals surface area contributed by atoms with Gasteiger partial charge in [-0.3, -0.25) is 4.79 Å². The van der Waals surface area contributed by atoms with E-state index in [4.69, 9.17) is 16.3 Å². The van der Waals surface area contributed by atoms with Crippen molar-refractivity contribution in [3.05, 3.63) is 70.1 Å². The third-order valence-electron chi connectivity index (χ3n) is 3.85. The van der Waals surface area contributed by atoms with Crippen molar-refractivity contribution in [3.63, 3.8) is 0 Å². The van der Waals surface area contributed by atoms with Crippen molar-refractivity contribution >= 4 is 34.5 Å².